The van der Waals surface area contributed by atoms with Gasteiger partial charge in [0.05, 0.1) is 6.20 Å². The van der Waals surface area contributed by atoms with Gasteiger partial charge in [-0.3, -0.25) is 4.68 Å². The first-order valence-electron chi connectivity index (χ1n) is 6.96. The minimum atomic E-state index is 0.420. The summed E-state index contributed by atoms with van der Waals surface area (Å²) in [4.78, 5) is 0. The molecule has 1 aliphatic carbocycles. The van der Waals surface area contributed by atoms with Crippen LogP contribution in [0, 0.1) is 11.8 Å². The average molecular weight is 235 g/mol. The second kappa shape index (κ2) is 5.67. The zero-order chi connectivity index (χ0) is 12.3. The maximum atomic E-state index is 4.33. The highest BCUT2D eigenvalue weighted by molar-refractivity contribution is 5.09. The molecular formula is C14H25N3. The smallest absolute Gasteiger partial charge is 0.0537 e. The fraction of sp³-hybridized carbons (Fsp3) is 0.786. The van der Waals surface area contributed by atoms with Gasteiger partial charge in [-0.15, -0.1) is 0 Å². The Bertz CT molecular complexity index is 345. The van der Waals surface area contributed by atoms with Crippen molar-refractivity contribution in [2.24, 2.45) is 11.8 Å². The van der Waals surface area contributed by atoms with Gasteiger partial charge in [-0.2, -0.15) is 5.10 Å². The number of aromatic nitrogens is 2. The van der Waals surface area contributed by atoms with Gasteiger partial charge in [0, 0.05) is 24.3 Å². The second-order valence-electron chi connectivity index (χ2n) is 5.43. The van der Waals surface area contributed by atoms with Gasteiger partial charge >= 0.3 is 0 Å². The number of nitrogens with zero attached hydrogens (tertiary/aromatic N) is 2. The molecule has 0 amide bonds. The van der Waals surface area contributed by atoms with Crippen LogP contribution in [-0.2, 0) is 6.54 Å². The van der Waals surface area contributed by atoms with Gasteiger partial charge < -0.3 is 5.32 Å². The molecule has 0 aliphatic heterocycles. The summed E-state index contributed by atoms with van der Waals surface area (Å²) in [6, 6.07) is 0.420. The van der Waals surface area contributed by atoms with Crippen molar-refractivity contribution in [3.63, 3.8) is 0 Å². The van der Waals surface area contributed by atoms with Crippen LogP contribution in [0.1, 0.15) is 51.6 Å². The largest absolute Gasteiger partial charge is 0.310 e. The van der Waals surface area contributed by atoms with E-state index in [4.69, 9.17) is 0 Å². The Balaban J connectivity index is 1.82. The predicted octanol–water partition coefficient (Wildman–Crippen LogP) is 2.99. The summed E-state index contributed by atoms with van der Waals surface area (Å²) < 4.78 is 1.99. The molecule has 1 aromatic heterocycles. The highest BCUT2D eigenvalue weighted by atomic mass is 15.3. The van der Waals surface area contributed by atoms with Gasteiger partial charge in [0.15, 0.2) is 0 Å². The van der Waals surface area contributed by atoms with Crippen LogP contribution in [0.15, 0.2) is 12.4 Å². The van der Waals surface area contributed by atoms with Crippen LogP contribution in [0.4, 0.5) is 0 Å². The first-order chi connectivity index (χ1) is 8.20. The molecule has 0 aromatic carbocycles. The SMILES string of the molecule is CCn1cc(C(C)NCC2CCCC2C)cn1. The van der Waals surface area contributed by atoms with E-state index < -0.39 is 0 Å². The average Bonchev–Trinajstić information content (AvgIpc) is 2.94. The molecule has 3 nitrogen and oxygen atoms in total. The van der Waals surface area contributed by atoms with E-state index in [1.807, 2.05) is 10.9 Å². The van der Waals surface area contributed by atoms with Gasteiger partial charge in [0.2, 0.25) is 0 Å². The maximum Gasteiger partial charge on any atom is 0.0537 e. The van der Waals surface area contributed by atoms with Crippen LogP contribution in [0.5, 0.6) is 0 Å². The van der Waals surface area contributed by atoms with Gasteiger partial charge in [-0.25, -0.2) is 0 Å². The number of hydrogen-bond donors (Lipinski definition) is 1. The van der Waals surface area contributed by atoms with E-state index in [9.17, 15) is 0 Å². The van der Waals surface area contributed by atoms with Crippen LogP contribution in [0.2, 0.25) is 0 Å². The molecule has 1 saturated carbocycles. The number of hydrogen-bond acceptors (Lipinski definition) is 2. The van der Waals surface area contributed by atoms with Crippen LogP contribution in [-0.4, -0.2) is 16.3 Å². The second-order valence-corrected chi connectivity index (χ2v) is 5.43. The predicted molar refractivity (Wildman–Crippen MR) is 70.8 cm³/mol. The lowest BCUT2D eigenvalue weighted by Crippen LogP contribution is -2.26. The summed E-state index contributed by atoms with van der Waals surface area (Å²) in [5, 5.41) is 7.98. The molecule has 1 aromatic rings. The van der Waals surface area contributed by atoms with E-state index in [2.05, 4.69) is 37.4 Å². The number of aryl methyl sites for hydroxylation is 1. The molecule has 3 heteroatoms. The van der Waals surface area contributed by atoms with E-state index in [0.29, 0.717) is 6.04 Å². The van der Waals surface area contributed by atoms with E-state index in [-0.39, 0.29) is 0 Å². The molecule has 3 unspecified atom stereocenters. The van der Waals surface area contributed by atoms with E-state index in [1.54, 1.807) is 0 Å². The summed E-state index contributed by atoms with van der Waals surface area (Å²) in [5.74, 6) is 1.77. The van der Waals surface area contributed by atoms with Gasteiger partial charge in [0.25, 0.3) is 0 Å². The summed E-state index contributed by atoms with van der Waals surface area (Å²) in [6.07, 6.45) is 8.36. The van der Waals surface area contributed by atoms with Gasteiger partial charge in [-0.1, -0.05) is 19.8 Å². The molecule has 1 aliphatic rings. The lowest BCUT2D eigenvalue weighted by molar-refractivity contribution is 0.375. The molecule has 1 heterocycles. The number of nitrogens with one attached hydrogen (secondary N) is 1. The van der Waals surface area contributed by atoms with E-state index in [1.165, 1.54) is 24.8 Å². The summed E-state index contributed by atoms with van der Waals surface area (Å²) in [6.45, 7) is 8.84. The van der Waals surface area contributed by atoms with Crippen molar-refractivity contribution in [3.05, 3.63) is 18.0 Å². The quantitative estimate of drug-likeness (QED) is 0.850. The minimum absolute atomic E-state index is 0.420. The Morgan fingerprint density at radius 2 is 2.35 bits per heavy atom. The monoisotopic (exact) mass is 235 g/mol. The van der Waals surface area contributed by atoms with Crippen molar-refractivity contribution in [3.8, 4) is 0 Å². The fourth-order valence-corrected chi connectivity index (χ4v) is 2.75. The Labute approximate surface area is 105 Å². The van der Waals surface area contributed by atoms with Crippen molar-refractivity contribution in [2.75, 3.05) is 6.54 Å². The molecule has 2 rings (SSSR count). The maximum absolute atomic E-state index is 4.33. The third-order valence-electron chi connectivity index (χ3n) is 4.20. The Hall–Kier alpha value is -0.830. The van der Waals surface area contributed by atoms with Crippen molar-refractivity contribution in [2.45, 2.75) is 52.6 Å². The highest BCUT2D eigenvalue weighted by Crippen LogP contribution is 2.30. The van der Waals surface area contributed by atoms with Crippen LogP contribution in [0.3, 0.4) is 0 Å². The molecule has 0 saturated heterocycles. The van der Waals surface area contributed by atoms with Gasteiger partial charge in [0.1, 0.15) is 0 Å². The fourth-order valence-electron chi connectivity index (χ4n) is 2.75. The molecule has 17 heavy (non-hydrogen) atoms. The number of rotatable bonds is 5. The zero-order valence-electron chi connectivity index (χ0n) is 11.3. The highest BCUT2D eigenvalue weighted by Gasteiger charge is 2.23. The molecule has 0 radical (unpaired) electrons. The first kappa shape index (κ1) is 12.6. The Morgan fingerprint density at radius 3 is 2.94 bits per heavy atom. The standard InChI is InChI=1S/C14H25N3/c1-4-17-10-14(9-16-17)12(3)15-8-13-7-5-6-11(13)2/h9-13,15H,4-8H2,1-3H3. The van der Waals surface area contributed by atoms with Crippen molar-refractivity contribution >= 4 is 0 Å². The Morgan fingerprint density at radius 1 is 1.53 bits per heavy atom. The van der Waals surface area contributed by atoms with Crippen LogP contribution >= 0.6 is 0 Å². The van der Waals surface area contributed by atoms with Crippen molar-refractivity contribution < 1.29 is 0 Å². The van der Waals surface area contributed by atoms with E-state index in [0.717, 1.165) is 24.9 Å². The summed E-state index contributed by atoms with van der Waals surface area (Å²) >= 11 is 0. The minimum Gasteiger partial charge on any atom is -0.310 e. The first-order valence-corrected chi connectivity index (χ1v) is 6.96. The van der Waals surface area contributed by atoms with Crippen molar-refractivity contribution in [1.29, 1.82) is 0 Å². The third-order valence-corrected chi connectivity index (χ3v) is 4.20. The molecule has 1 fully saturated rings. The normalized spacial score (nSPS) is 26.3. The summed E-state index contributed by atoms with van der Waals surface area (Å²) in [5.41, 5.74) is 1.30. The molecular weight excluding hydrogens is 210 g/mol. The Kier molecular flexibility index (Phi) is 4.21. The van der Waals surface area contributed by atoms with Gasteiger partial charge in [-0.05, 0) is 38.6 Å². The molecule has 96 valence electrons. The molecule has 3 atom stereocenters. The van der Waals surface area contributed by atoms with E-state index >= 15 is 0 Å². The molecule has 0 spiro atoms. The lowest BCUT2D eigenvalue weighted by Gasteiger charge is -2.19. The van der Waals surface area contributed by atoms with Crippen LogP contribution < -0.4 is 5.32 Å². The van der Waals surface area contributed by atoms with Crippen LogP contribution in [0.25, 0.3) is 0 Å². The molecule has 1 N–H and O–H groups in total. The topological polar surface area (TPSA) is 29.9 Å². The summed E-state index contributed by atoms with van der Waals surface area (Å²) in [7, 11) is 0. The lowest BCUT2D eigenvalue weighted by atomic mass is 9.98. The van der Waals surface area contributed by atoms with Crippen molar-refractivity contribution in [1.82, 2.24) is 15.1 Å². The zero-order valence-corrected chi connectivity index (χ0v) is 11.3. The third kappa shape index (κ3) is 3.09. The molecule has 0 bridgehead atoms.